The van der Waals surface area contributed by atoms with E-state index in [-0.39, 0.29) is 13.2 Å². The molecule has 4 nitrogen and oxygen atoms in total. The van der Waals surface area contributed by atoms with E-state index in [2.05, 4.69) is 5.10 Å². The molecular weight excluding hydrogens is 204 g/mol. The van der Waals surface area contributed by atoms with E-state index in [0.717, 1.165) is 11.3 Å². The van der Waals surface area contributed by atoms with Crippen molar-refractivity contribution in [1.29, 1.82) is 0 Å². The van der Waals surface area contributed by atoms with Crippen LogP contribution in [0, 0.1) is 0 Å². The van der Waals surface area contributed by atoms with Crippen LogP contribution in [0.4, 0.5) is 0 Å². The van der Waals surface area contributed by atoms with Crippen molar-refractivity contribution >= 4 is 0 Å². The highest BCUT2D eigenvalue weighted by Gasteiger charge is 2.15. The molecule has 0 saturated heterocycles. The number of hydrogen-bond donors (Lipinski definition) is 2. The SMILES string of the molecule is Cn1nc(-c2ccccc2)c(CO)c1CO. The van der Waals surface area contributed by atoms with Gasteiger partial charge in [0.15, 0.2) is 0 Å². The fraction of sp³-hybridized carbons (Fsp3) is 0.250. The number of rotatable bonds is 3. The van der Waals surface area contributed by atoms with Crippen LogP contribution in [0.25, 0.3) is 11.3 Å². The minimum Gasteiger partial charge on any atom is -0.392 e. The summed E-state index contributed by atoms with van der Waals surface area (Å²) in [7, 11) is 1.76. The van der Waals surface area contributed by atoms with Crippen molar-refractivity contribution < 1.29 is 10.2 Å². The quantitative estimate of drug-likeness (QED) is 0.810. The van der Waals surface area contributed by atoms with Crippen molar-refractivity contribution in [3.8, 4) is 11.3 Å². The lowest BCUT2D eigenvalue weighted by Gasteiger charge is -2.01. The predicted octanol–water partition coefficient (Wildman–Crippen LogP) is 1.07. The zero-order valence-corrected chi connectivity index (χ0v) is 9.09. The molecule has 2 aromatic rings. The van der Waals surface area contributed by atoms with Gasteiger partial charge in [-0.3, -0.25) is 4.68 Å². The van der Waals surface area contributed by atoms with Crippen molar-refractivity contribution in [1.82, 2.24) is 9.78 Å². The molecule has 0 aliphatic carbocycles. The number of aliphatic hydroxyl groups is 2. The van der Waals surface area contributed by atoms with E-state index in [0.29, 0.717) is 11.3 Å². The van der Waals surface area contributed by atoms with E-state index in [1.807, 2.05) is 30.3 Å². The van der Waals surface area contributed by atoms with Crippen molar-refractivity contribution in [2.45, 2.75) is 13.2 Å². The molecule has 4 heteroatoms. The highest BCUT2D eigenvalue weighted by atomic mass is 16.3. The molecule has 0 aliphatic heterocycles. The molecule has 0 saturated carbocycles. The zero-order valence-electron chi connectivity index (χ0n) is 9.09. The van der Waals surface area contributed by atoms with Crippen molar-refractivity contribution in [3.63, 3.8) is 0 Å². The fourth-order valence-electron chi connectivity index (χ4n) is 1.79. The Morgan fingerprint density at radius 3 is 2.38 bits per heavy atom. The summed E-state index contributed by atoms with van der Waals surface area (Å²) >= 11 is 0. The standard InChI is InChI=1S/C12H14N2O2/c1-14-11(8-16)10(7-15)12(13-14)9-5-3-2-4-6-9/h2-6,15-16H,7-8H2,1H3. The second kappa shape index (κ2) is 4.47. The molecule has 16 heavy (non-hydrogen) atoms. The summed E-state index contributed by atoms with van der Waals surface area (Å²) in [5.74, 6) is 0. The minimum atomic E-state index is -0.119. The van der Waals surface area contributed by atoms with Gasteiger partial charge in [0.25, 0.3) is 0 Å². The third-order valence-corrected chi connectivity index (χ3v) is 2.63. The van der Waals surface area contributed by atoms with Crippen LogP contribution in [-0.2, 0) is 20.3 Å². The molecule has 0 spiro atoms. The lowest BCUT2D eigenvalue weighted by molar-refractivity contribution is 0.253. The Kier molecular flexibility index (Phi) is 3.03. The monoisotopic (exact) mass is 218 g/mol. The number of aliphatic hydroxyl groups excluding tert-OH is 2. The Balaban J connectivity index is 2.57. The highest BCUT2D eigenvalue weighted by Crippen LogP contribution is 2.24. The third kappa shape index (κ3) is 1.73. The van der Waals surface area contributed by atoms with Gasteiger partial charge in [-0.1, -0.05) is 30.3 Å². The first-order valence-electron chi connectivity index (χ1n) is 5.09. The molecule has 0 aliphatic rings. The number of aryl methyl sites for hydroxylation is 1. The maximum absolute atomic E-state index is 9.34. The summed E-state index contributed by atoms with van der Waals surface area (Å²) in [4.78, 5) is 0. The lowest BCUT2D eigenvalue weighted by Crippen LogP contribution is -1.99. The summed E-state index contributed by atoms with van der Waals surface area (Å²) in [5.41, 5.74) is 3.02. The second-order valence-electron chi connectivity index (χ2n) is 3.58. The molecule has 0 amide bonds. The smallest absolute Gasteiger partial charge is 0.0982 e. The molecule has 2 rings (SSSR count). The molecule has 84 valence electrons. The molecule has 0 unspecified atom stereocenters. The Bertz CT molecular complexity index is 477. The molecular formula is C12H14N2O2. The molecule has 1 aromatic heterocycles. The van der Waals surface area contributed by atoms with Crippen LogP contribution in [0.3, 0.4) is 0 Å². The Morgan fingerprint density at radius 2 is 1.81 bits per heavy atom. The van der Waals surface area contributed by atoms with E-state index in [1.54, 1.807) is 11.7 Å². The third-order valence-electron chi connectivity index (χ3n) is 2.63. The van der Waals surface area contributed by atoms with Crippen LogP contribution in [0.2, 0.25) is 0 Å². The van der Waals surface area contributed by atoms with Crippen LogP contribution in [-0.4, -0.2) is 20.0 Å². The maximum atomic E-state index is 9.34. The van der Waals surface area contributed by atoms with Crippen LogP contribution in [0.15, 0.2) is 30.3 Å². The van der Waals surface area contributed by atoms with Gasteiger partial charge in [-0.25, -0.2) is 0 Å². The molecule has 0 bridgehead atoms. The molecule has 1 heterocycles. The molecule has 2 N–H and O–H groups in total. The minimum absolute atomic E-state index is 0.117. The van der Waals surface area contributed by atoms with Crippen molar-refractivity contribution in [2.24, 2.45) is 7.05 Å². The van der Waals surface area contributed by atoms with E-state index >= 15 is 0 Å². The number of hydrogen-bond acceptors (Lipinski definition) is 3. The van der Waals surface area contributed by atoms with Crippen molar-refractivity contribution in [3.05, 3.63) is 41.6 Å². The van der Waals surface area contributed by atoms with E-state index in [9.17, 15) is 10.2 Å². The van der Waals surface area contributed by atoms with Gasteiger partial charge in [0.1, 0.15) is 0 Å². The first kappa shape index (κ1) is 10.9. The van der Waals surface area contributed by atoms with Gasteiger partial charge in [0.05, 0.1) is 24.6 Å². The highest BCUT2D eigenvalue weighted by molar-refractivity contribution is 5.63. The van der Waals surface area contributed by atoms with Crippen LogP contribution in [0.5, 0.6) is 0 Å². The van der Waals surface area contributed by atoms with Gasteiger partial charge >= 0.3 is 0 Å². The summed E-state index contributed by atoms with van der Waals surface area (Å²) in [6.07, 6.45) is 0. The van der Waals surface area contributed by atoms with E-state index in [4.69, 9.17) is 0 Å². The Hall–Kier alpha value is -1.65. The lowest BCUT2D eigenvalue weighted by atomic mass is 10.1. The largest absolute Gasteiger partial charge is 0.392 e. The Morgan fingerprint density at radius 1 is 1.12 bits per heavy atom. The topological polar surface area (TPSA) is 58.3 Å². The van der Waals surface area contributed by atoms with Gasteiger partial charge in [-0.2, -0.15) is 5.10 Å². The zero-order chi connectivity index (χ0) is 11.5. The first-order chi connectivity index (χ1) is 7.77. The average molecular weight is 218 g/mol. The average Bonchev–Trinajstić information content (AvgIpc) is 2.66. The molecule has 0 atom stereocenters. The van der Waals surface area contributed by atoms with Gasteiger partial charge in [0, 0.05) is 18.2 Å². The van der Waals surface area contributed by atoms with Gasteiger partial charge < -0.3 is 10.2 Å². The van der Waals surface area contributed by atoms with E-state index < -0.39 is 0 Å². The predicted molar refractivity (Wildman–Crippen MR) is 60.5 cm³/mol. The second-order valence-corrected chi connectivity index (χ2v) is 3.58. The number of aromatic nitrogens is 2. The summed E-state index contributed by atoms with van der Waals surface area (Å²) in [5, 5.41) is 22.9. The first-order valence-corrected chi connectivity index (χ1v) is 5.09. The van der Waals surface area contributed by atoms with Crippen LogP contribution < -0.4 is 0 Å². The van der Waals surface area contributed by atoms with Gasteiger partial charge in [-0.05, 0) is 0 Å². The molecule has 1 aromatic carbocycles. The normalized spacial score (nSPS) is 10.7. The number of benzene rings is 1. The maximum Gasteiger partial charge on any atom is 0.0982 e. The number of nitrogens with zero attached hydrogens (tertiary/aromatic N) is 2. The van der Waals surface area contributed by atoms with Crippen LogP contribution >= 0.6 is 0 Å². The van der Waals surface area contributed by atoms with Crippen LogP contribution in [0.1, 0.15) is 11.3 Å². The Labute approximate surface area is 93.8 Å². The molecule has 0 radical (unpaired) electrons. The van der Waals surface area contributed by atoms with Gasteiger partial charge in [0.2, 0.25) is 0 Å². The summed E-state index contributed by atoms with van der Waals surface area (Å²) < 4.78 is 1.61. The summed E-state index contributed by atoms with van der Waals surface area (Å²) in [6, 6.07) is 9.64. The summed E-state index contributed by atoms with van der Waals surface area (Å²) in [6.45, 7) is -0.236. The fourth-order valence-corrected chi connectivity index (χ4v) is 1.79. The van der Waals surface area contributed by atoms with Crippen molar-refractivity contribution in [2.75, 3.05) is 0 Å². The van der Waals surface area contributed by atoms with Gasteiger partial charge in [-0.15, -0.1) is 0 Å². The van der Waals surface area contributed by atoms with E-state index in [1.165, 1.54) is 0 Å². The molecule has 0 fully saturated rings.